The molecular formula is C41H25N3O. The Hall–Kier alpha value is -6.13. The zero-order valence-electron chi connectivity index (χ0n) is 24.2. The van der Waals surface area contributed by atoms with E-state index < -0.39 is 0 Å². The lowest BCUT2D eigenvalue weighted by atomic mass is 10.00. The standard InChI is InChI=1S/C41H25N3O/c1-2-10-29(11-3-1)39-42-40(30-17-14-27(15-18-30)32-19-16-26-8-4-5-12-31(26)24-32)44-41(43-39)33-20-22-35-37(25-33)45-36-23-21-28-9-6-7-13-34(28)38(35)36/h1-25H. The fourth-order valence-electron chi connectivity index (χ4n) is 6.22. The van der Waals surface area contributed by atoms with E-state index in [1.54, 1.807) is 0 Å². The Balaban J connectivity index is 1.16. The van der Waals surface area contributed by atoms with E-state index in [0.29, 0.717) is 17.5 Å². The average molecular weight is 576 g/mol. The summed E-state index contributed by atoms with van der Waals surface area (Å²) >= 11 is 0. The van der Waals surface area contributed by atoms with Gasteiger partial charge in [0.15, 0.2) is 17.5 Å². The van der Waals surface area contributed by atoms with Crippen LogP contribution in [0.2, 0.25) is 0 Å². The smallest absolute Gasteiger partial charge is 0.164 e. The van der Waals surface area contributed by atoms with Crippen LogP contribution in [0.5, 0.6) is 0 Å². The van der Waals surface area contributed by atoms with E-state index in [9.17, 15) is 0 Å². The minimum atomic E-state index is 0.602. The van der Waals surface area contributed by atoms with Crippen molar-refractivity contribution < 1.29 is 4.42 Å². The molecule has 210 valence electrons. The first-order valence-corrected chi connectivity index (χ1v) is 15.0. The molecule has 0 bridgehead atoms. The summed E-state index contributed by atoms with van der Waals surface area (Å²) in [6.45, 7) is 0. The van der Waals surface area contributed by atoms with E-state index in [2.05, 4.69) is 109 Å². The third-order valence-electron chi connectivity index (χ3n) is 8.51. The maximum atomic E-state index is 6.36. The second kappa shape index (κ2) is 10.2. The number of nitrogens with zero attached hydrogens (tertiary/aromatic N) is 3. The van der Waals surface area contributed by atoms with Crippen molar-refractivity contribution in [2.24, 2.45) is 0 Å². The molecule has 0 aliphatic heterocycles. The SMILES string of the molecule is c1ccc(-c2nc(-c3ccc(-c4ccc5ccccc5c4)cc3)nc(-c3ccc4c(c3)oc3ccc5ccccc5c34)n2)cc1. The zero-order chi connectivity index (χ0) is 29.7. The summed E-state index contributed by atoms with van der Waals surface area (Å²) in [5.41, 5.74) is 6.73. The van der Waals surface area contributed by atoms with Gasteiger partial charge >= 0.3 is 0 Å². The Morgan fingerprint density at radius 2 is 0.911 bits per heavy atom. The molecule has 0 saturated carbocycles. The highest BCUT2D eigenvalue weighted by Crippen LogP contribution is 2.37. The largest absolute Gasteiger partial charge is 0.456 e. The Morgan fingerprint density at radius 1 is 0.333 bits per heavy atom. The first-order valence-electron chi connectivity index (χ1n) is 15.0. The molecule has 0 amide bonds. The Labute approximate surface area is 259 Å². The van der Waals surface area contributed by atoms with Gasteiger partial charge < -0.3 is 4.42 Å². The van der Waals surface area contributed by atoms with Gasteiger partial charge in [-0.25, -0.2) is 15.0 Å². The number of fused-ring (bicyclic) bond motifs is 6. The lowest BCUT2D eigenvalue weighted by molar-refractivity contribution is 0.669. The molecule has 0 N–H and O–H groups in total. The van der Waals surface area contributed by atoms with Gasteiger partial charge in [-0.15, -0.1) is 0 Å². The maximum absolute atomic E-state index is 6.36. The summed E-state index contributed by atoms with van der Waals surface area (Å²) in [4.78, 5) is 14.9. The molecule has 2 aromatic heterocycles. The molecule has 4 nitrogen and oxygen atoms in total. The number of rotatable bonds is 4. The third kappa shape index (κ3) is 4.43. The van der Waals surface area contributed by atoms with Crippen LogP contribution < -0.4 is 0 Å². The second-order valence-corrected chi connectivity index (χ2v) is 11.3. The molecule has 45 heavy (non-hydrogen) atoms. The zero-order valence-corrected chi connectivity index (χ0v) is 24.2. The van der Waals surface area contributed by atoms with Crippen molar-refractivity contribution in [2.45, 2.75) is 0 Å². The first kappa shape index (κ1) is 25.4. The number of furan rings is 1. The minimum Gasteiger partial charge on any atom is -0.456 e. The molecule has 0 radical (unpaired) electrons. The molecular weight excluding hydrogens is 550 g/mol. The van der Waals surface area contributed by atoms with Gasteiger partial charge in [0.05, 0.1) is 0 Å². The third-order valence-corrected chi connectivity index (χ3v) is 8.51. The van der Waals surface area contributed by atoms with E-state index in [-0.39, 0.29) is 0 Å². The van der Waals surface area contributed by atoms with E-state index >= 15 is 0 Å². The summed E-state index contributed by atoms with van der Waals surface area (Å²) < 4.78 is 6.36. The molecule has 7 aromatic carbocycles. The molecule has 9 rings (SSSR count). The topological polar surface area (TPSA) is 51.8 Å². The quantitative estimate of drug-likeness (QED) is 0.209. The molecule has 0 atom stereocenters. The maximum Gasteiger partial charge on any atom is 0.164 e. The van der Waals surface area contributed by atoms with E-state index in [0.717, 1.165) is 44.2 Å². The van der Waals surface area contributed by atoms with Crippen LogP contribution in [0.15, 0.2) is 156 Å². The molecule has 0 aliphatic rings. The number of hydrogen-bond donors (Lipinski definition) is 0. The number of hydrogen-bond acceptors (Lipinski definition) is 4. The Bertz CT molecular complexity index is 2530. The summed E-state index contributed by atoms with van der Waals surface area (Å²) in [6, 6.07) is 52.3. The van der Waals surface area contributed by atoms with Gasteiger partial charge in [-0.2, -0.15) is 0 Å². The summed E-state index contributed by atoms with van der Waals surface area (Å²) in [7, 11) is 0. The van der Waals surface area contributed by atoms with Crippen molar-refractivity contribution in [3.05, 3.63) is 152 Å². The van der Waals surface area contributed by atoms with Crippen molar-refractivity contribution in [3.63, 3.8) is 0 Å². The molecule has 0 aliphatic carbocycles. The summed E-state index contributed by atoms with van der Waals surface area (Å²) in [5, 5.41) is 7.04. The Morgan fingerprint density at radius 3 is 1.71 bits per heavy atom. The molecule has 0 fully saturated rings. The van der Waals surface area contributed by atoms with Gasteiger partial charge in [0.1, 0.15) is 11.2 Å². The van der Waals surface area contributed by atoms with Crippen molar-refractivity contribution in [2.75, 3.05) is 0 Å². The monoisotopic (exact) mass is 575 g/mol. The van der Waals surface area contributed by atoms with Gasteiger partial charge in [0.2, 0.25) is 0 Å². The fourth-order valence-corrected chi connectivity index (χ4v) is 6.22. The van der Waals surface area contributed by atoms with Crippen LogP contribution in [0.3, 0.4) is 0 Å². The van der Waals surface area contributed by atoms with Crippen LogP contribution >= 0.6 is 0 Å². The number of aromatic nitrogens is 3. The highest BCUT2D eigenvalue weighted by molar-refractivity contribution is 6.19. The lowest BCUT2D eigenvalue weighted by Crippen LogP contribution is -2.00. The van der Waals surface area contributed by atoms with Crippen molar-refractivity contribution in [1.82, 2.24) is 15.0 Å². The van der Waals surface area contributed by atoms with Crippen LogP contribution in [0.4, 0.5) is 0 Å². The summed E-state index contributed by atoms with van der Waals surface area (Å²) in [5.74, 6) is 1.86. The predicted molar refractivity (Wildman–Crippen MR) is 184 cm³/mol. The second-order valence-electron chi connectivity index (χ2n) is 11.3. The molecule has 0 saturated heterocycles. The van der Waals surface area contributed by atoms with Gasteiger partial charge in [0.25, 0.3) is 0 Å². The van der Waals surface area contributed by atoms with Gasteiger partial charge in [-0.05, 0) is 56.9 Å². The van der Waals surface area contributed by atoms with Crippen LogP contribution in [0, 0.1) is 0 Å². The minimum absolute atomic E-state index is 0.602. The molecule has 0 unspecified atom stereocenters. The van der Waals surface area contributed by atoms with Gasteiger partial charge in [-0.1, -0.05) is 127 Å². The summed E-state index contributed by atoms with van der Waals surface area (Å²) in [6.07, 6.45) is 0. The van der Waals surface area contributed by atoms with Crippen LogP contribution in [-0.2, 0) is 0 Å². The van der Waals surface area contributed by atoms with Crippen LogP contribution in [0.25, 0.3) is 88.8 Å². The van der Waals surface area contributed by atoms with E-state index in [4.69, 9.17) is 19.4 Å². The molecule has 9 aromatic rings. The highest BCUT2D eigenvalue weighted by atomic mass is 16.3. The van der Waals surface area contributed by atoms with Crippen molar-refractivity contribution in [1.29, 1.82) is 0 Å². The van der Waals surface area contributed by atoms with Gasteiger partial charge in [-0.3, -0.25) is 0 Å². The fraction of sp³-hybridized carbons (Fsp3) is 0. The van der Waals surface area contributed by atoms with Crippen LogP contribution in [-0.4, -0.2) is 15.0 Å². The number of benzene rings is 7. The normalized spacial score (nSPS) is 11.6. The molecule has 4 heteroatoms. The Kier molecular flexibility index (Phi) is 5.78. The van der Waals surface area contributed by atoms with E-state index in [1.807, 2.05) is 42.5 Å². The highest BCUT2D eigenvalue weighted by Gasteiger charge is 2.16. The predicted octanol–water partition coefficient (Wildman–Crippen LogP) is 10.7. The van der Waals surface area contributed by atoms with Gasteiger partial charge in [0, 0.05) is 27.5 Å². The molecule has 2 heterocycles. The van der Waals surface area contributed by atoms with Crippen molar-refractivity contribution >= 4 is 43.5 Å². The van der Waals surface area contributed by atoms with E-state index in [1.165, 1.54) is 27.1 Å². The average Bonchev–Trinajstić information content (AvgIpc) is 3.50. The van der Waals surface area contributed by atoms with Crippen molar-refractivity contribution in [3.8, 4) is 45.3 Å². The molecule has 0 spiro atoms. The van der Waals surface area contributed by atoms with Crippen LogP contribution in [0.1, 0.15) is 0 Å². The lowest BCUT2D eigenvalue weighted by Gasteiger charge is -2.09. The first-order chi connectivity index (χ1) is 22.3.